The van der Waals surface area contributed by atoms with Crippen LogP contribution in [0.2, 0.25) is 0 Å². The van der Waals surface area contributed by atoms with Gasteiger partial charge in [-0.05, 0) is 18.2 Å². The Balaban J connectivity index is 3.09. The van der Waals surface area contributed by atoms with Crippen LogP contribution in [0.3, 0.4) is 0 Å². The maximum Gasteiger partial charge on any atom is 0.330 e. The minimum absolute atomic E-state index is 0.136. The number of nitrogens with zero attached hydrogens (tertiary/aromatic N) is 1. The molecule has 16 heavy (non-hydrogen) atoms. The van der Waals surface area contributed by atoms with Gasteiger partial charge in [0, 0.05) is 6.08 Å². The highest BCUT2D eigenvalue weighted by atomic mass is 19.1. The van der Waals surface area contributed by atoms with Crippen molar-refractivity contribution in [2.75, 3.05) is 7.11 Å². The summed E-state index contributed by atoms with van der Waals surface area (Å²) in [4.78, 5) is 20.6. The Morgan fingerprint density at radius 1 is 1.56 bits per heavy atom. The van der Waals surface area contributed by atoms with E-state index in [1.54, 1.807) is 0 Å². The number of esters is 1. The SMILES string of the molecule is COC(=O)C=Cc1ccc(F)cc1[N+](=O)[O-]. The van der Waals surface area contributed by atoms with Crippen LogP contribution < -0.4 is 0 Å². The fourth-order valence-electron chi connectivity index (χ4n) is 1.04. The summed E-state index contributed by atoms with van der Waals surface area (Å²) in [5, 5.41) is 10.6. The molecule has 6 heteroatoms. The quantitative estimate of drug-likeness (QED) is 0.341. The van der Waals surface area contributed by atoms with E-state index < -0.39 is 22.4 Å². The maximum atomic E-state index is 12.8. The molecule has 0 fully saturated rings. The fourth-order valence-corrected chi connectivity index (χ4v) is 1.04. The van der Waals surface area contributed by atoms with Gasteiger partial charge in [-0.2, -0.15) is 0 Å². The minimum Gasteiger partial charge on any atom is -0.466 e. The highest BCUT2D eigenvalue weighted by Gasteiger charge is 2.12. The molecule has 0 spiro atoms. The van der Waals surface area contributed by atoms with Crippen molar-refractivity contribution in [3.8, 4) is 0 Å². The first-order chi connectivity index (χ1) is 7.54. The second-order valence-corrected chi connectivity index (χ2v) is 2.82. The third-order valence-electron chi connectivity index (χ3n) is 1.79. The monoisotopic (exact) mass is 225 g/mol. The number of halogens is 1. The van der Waals surface area contributed by atoms with Gasteiger partial charge >= 0.3 is 5.97 Å². The number of carbonyl (C=O) groups is 1. The van der Waals surface area contributed by atoms with E-state index in [4.69, 9.17) is 0 Å². The topological polar surface area (TPSA) is 69.4 Å². The van der Waals surface area contributed by atoms with Crippen LogP contribution in [0.1, 0.15) is 5.56 Å². The van der Waals surface area contributed by atoms with Gasteiger partial charge < -0.3 is 4.74 Å². The Kier molecular flexibility index (Phi) is 3.71. The number of nitro benzene ring substituents is 1. The normalized spacial score (nSPS) is 10.4. The first-order valence-electron chi connectivity index (χ1n) is 4.24. The van der Waals surface area contributed by atoms with Crippen LogP contribution in [0, 0.1) is 15.9 Å². The summed E-state index contributed by atoms with van der Waals surface area (Å²) < 4.78 is 17.1. The molecule has 0 aliphatic rings. The summed E-state index contributed by atoms with van der Waals surface area (Å²) in [5.74, 6) is -1.35. The van der Waals surface area contributed by atoms with Crippen molar-refractivity contribution in [3.63, 3.8) is 0 Å². The number of methoxy groups -OCH3 is 1. The van der Waals surface area contributed by atoms with Crippen LogP contribution in [0.15, 0.2) is 24.3 Å². The molecule has 1 aromatic carbocycles. The first-order valence-corrected chi connectivity index (χ1v) is 4.24. The molecule has 1 rings (SSSR count). The van der Waals surface area contributed by atoms with Crippen LogP contribution >= 0.6 is 0 Å². The summed E-state index contributed by atoms with van der Waals surface area (Å²) in [5.41, 5.74) is -0.267. The molecule has 0 saturated carbocycles. The zero-order valence-electron chi connectivity index (χ0n) is 8.34. The molecule has 0 bridgehead atoms. The van der Waals surface area contributed by atoms with E-state index in [1.807, 2.05) is 0 Å². The Bertz CT molecular complexity index is 456. The Morgan fingerprint density at radius 3 is 2.81 bits per heavy atom. The standard InChI is InChI=1S/C10H8FNO4/c1-16-10(13)5-3-7-2-4-8(11)6-9(7)12(14)15/h2-6H,1H3. The van der Waals surface area contributed by atoms with Gasteiger partial charge in [-0.15, -0.1) is 0 Å². The largest absolute Gasteiger partial charge is 0.466 e. The van der Waals surface area contributed by atoms with Gasteiger partial charge in [0.25, 0.3) is 5.69 Å². The van der Waals surface area contributed by atoms with E-state index in [9.17, 15) is 19.3 Å². The van der Waals surface area contributed by atoms with E-state index >= 15 is 0 Å². The van der Waals surface area contributed by atoms with Gasteiger partial charge in [0.05, 0.1) is 23.7 Å². The molecular weight excluding hydrogens is 217 g/mol. The lowest BCUT2D eigenvalue weighted by atomic mass is 10.1. The van der Waals surface area contributed by atoms with Crippen molar-refractivity contribution >= 4 is 17.7 Å². The molecule has 0 atom stereocenters. The molecule has 5 nitrogen and oxygen atoms in total. The lowest BCUT2D eigenvalue weighted by molar-refractivity contribution is -0.385. The third-order valence-corrected chi connectivity index (χ3v) is 1.79. The molecule has 0 aromatic heterocycles. The number of rotatable bonds is 3. The molecule has 84 valence electrons. The van der Waals surface area contributed by atoms with E-state index in [2.05, 4.69) is 4.74 Å². The molecule has 0 amide bonds. The number of hydrogen-bond donors (Lipinski definition) is 0. The minimum atomic E-state index is -0.722. The Morgan fingerprint density at radius 2 is 2.25 bits per heavy atom. The third kappa shape index (κ3) is 2.88. The van der Waals surface area contributed by atoms with Gasteiger partial charge in [0.2, 0.25) is 0 Å². The molecule has 0 unspecified atom stereocenters. The predicted molar refractivity (Wildman–Crippen MR) is 54.1 cm³/mol. The smallest absolute Gasteiger partial charge is 0.330 e. The van der Waals surface area contributed by atoms with Crippen LogP contribution in [0.4, 0.5) is 10.1 Å². The number of carbonyl (C=O) groups excluding carboxylic acids is 1. The van der Waals surface area contributed by atoms with E-state index in [0.29, 0.717) is 0 Å². The summed E-state index contributed by atoms with van der Waals surface area (Å²) in [6.07, 6.45) is 2.23. The van der Waals surface area contributed by atoms with Crippen LogP contribution in [-0.2, 0) is 9.53 Å². The summed E-state index contributed by atoms with van der Waals surface area (Å²) in [6, 6.07) is 3.08. The summed E-state index contributed by atoms with van der Waals surface area (Å²) in [6.45, 7) is 0. The second kappa shape index (κ2) is 5.01. The lowest BCUT2D eigenvalue weighted by Crippen LogP contribution is -1.95. The molecule has 0 radical (unpaired) electrons. The van der Waals surface area contributed by atoms with Gasteiger partial charge in [-0.25, -0.2) is 9.18 Å². The Hall–Kier alpha value is -2.24. The molecule has 0 aliphatic heterocycles. The number of hydrogen-bond acceptors (Lipinski definition) is 4. The highest BCUT2D eigenvalue weighted by molar-refractivity contribution is 5.87. The zero-order chi connectivity index (χ0) is 12.1. The number of ether oxygens (including phenoxy) is 1. The van der Waals surface area contributed by atoms with Crippen molar-refractivity contribution in [1.29, 1.82) is 0 Å². The second-order valence-electron chi connectivity index (χ2n) is 2.82. The summed E-state index contributed by atoms with van der Waals surface area (Å²) in [7, 11) is 1.19. The molecule has 0 saturated heterocycles. The van der Waals surface area contributed by atoms with Crippen molar-refractivity contribution in [2.45, 2.75) is 0 Å². The van der Waals surface area contributed by atoms with Gasteiger partial charge in [-0.3, -0.25) is 10.1 Å². The lowest BCUT2D eigenvalue weighted by Gasteiger charge is -1.97. The van der Waals surface area contributed by atoms with Gasteiger partial charge in [-0.1, -0.05) is 0 Å². The first kappa shape index (κ1) is 11.8. The average molecular weight is 225 g/mol. The average Bonchev–Trinajstić information content (AvgIpc) is 2.26. The van der Waals surface area contributed by atoms with Crippen molar-refractivity contribution in [1.82, 2.24) is 0 Å². The van der Waals surface area contributed by atoms with Gasteiger partial charge in [0.1, 0.15) is 5.82 Å². The molecular formula is C10H8FNO4. The van der Waals surface area contributed by atoms with Gasteiger partial charge in [0.15, 0.2) is 0 Å². The maximum absolute atomic E-state index is 12.8. The van der Waals surface area contributed by atoms with Crippen LogP contribution in [0.5, 0.6) is 0 Å². The summed E-state index contributed by atoms with van der Waals surface area (Å²) >= 11 is 0. The van der Waals surface area contributed by atoms with Crippen LogP contribution in [0.25, 0.3) is 6.08 Å². The van der Waals surface area contributed by atoms with Crippen molar-refractivity contribution < 1.29 is 18.8 Å². The molecule has 0 aliphatic carbocycles. The number of benzene rings is 1. The van der Waals surface area contributed by atoms with E-state index in [-0.39, 0.29) is 5.56 Å². The van der Waals surface area contributed by atoms with Crippen molar-refractivity contribution in [3.05, 3.63) is 45.8 Å². The molecule has 0 N–H and O–H groups in total. The molecule has 0 heterocycles. The predicted octanol–water partition coefficient (Wildman–Crippen LogP) is 1.92. The molecule has 1 aromatic rings. The fraction of sp³-hybridized carbons (Fsp3) is 0.100. The van der Waals surface area contributed by atoms with E-state index in [1.165, 1.54) is 19.3 Å². The van der Waals surface area contributed by atoms with Crippen LogP contribution in [-0.4, -0.2) is 18.0 Å². The Labute approximate surface area is 90.3 Å². The number of nitro groups is 1. The highest BCUT2D eigenvalue weighted by Crippen LogP contribution is 2.20. The van der Waals surface area contributed by atoms with Crippen molar-refractivity contribution in [2.24, 2.45) is 0 Å². The van der Waals surface area contributed by atoms with E-state index in [0.717, 1.165) is 18.2 Å². The zero-order valence-corrected chi connectivity index (χ0v) is 8.34.